The summed E-state index contributed by atoms with van der Waals surface area (Å²) in [7, 11) is 1.81. The van der Waals surface area contributed by atoms with Gasteiger partial charge in [-0.3, -0.25) is 0 Å². The molecule has 1 aliphatic carbocycles. The van der Waals surface area contributed by atoms with E-state index in [0.29, 0.717) is 11.6 Å². The number of rotatable bonds is 4. The van der Waals surface area contributed by atoms with Crippen molar-refractivity contribution in [2.45, 2.75) is 31.7 Å². The quantitative estimate of drug-likeness (QED) is 0.750. The molecule has 0 unspecified atom stereocenters. The minimum atomic E-state index is -0.410. The summed E-state index contributed by atoms with van der Waals surface area (Å²) in [6.45, 7) is 1.83. The second-order valence-corrected chi connectivity index (χ2v) is 4.18. The summed E-state index contributed by atoms with van der Waals surface area (Å²) in [5, 5.41) is 6.23. The molecule has 1 fully saturated rings. The van der Waals surface area contributed by atoms with E-state index < -0.39 is 5.54 Å². The molecule has 1 aliphatic rings. The van der Waals surface area contributed by atoms with E-state index in [2.05, 4.69) is 20.6 Å². The zero-order chi connectivity index (χ0) is 11.6. The van der Waals surface area contributed by atoms with Crippen LogP contribution < -0.4 is 10.6 Å². The highest BCUT2D eigenvalue weighted by Crippen LogP contribution is 2.34. The Hall–Kier alpha value is -1.65. The molecule has 1 heterocycles. The summed E-state index contributed by atoms with van der Waals surface area (Å²) in [4.78, 5) is 19.5. The van der Waals surface area contributed by atoms with Gasteiger partial charge in [-0.05, 0) is 26.2 Å². The maximum absolute atomic E-state index is 11.1. The molecule has 2 N–H and O–H groups in total. The molecule has 5 nitrogen and oxygen atoms in total. The molecular weight excluding hydrogens is 204 g/mol. The highest BCUT2D eigenvalue weighted by Gasteiger charge is 2.37. The van der Waals surface area contributed by atoms with E-state index in [1.807, 2.05) is 14.0 Å². The Labute approximate surface area is 94.7 Å². The Bertz CT molecular complexity index is 401. The van der Waals surface area contributed by atoms with Crippen molar-refractivity contribution in [1.82, 2.24) is 9.97 Å². The Balaban J connectivity index is 2.25. The third kappa shape index (κ3) is 1.85. The minimum absolute atomic E-state index is 0.410. The fraction of sp³-hybridized carbons (Fsp3) is 0.545. The van der Waals surface area contributed by atoms with Crippen molar-refractivity contribution in [1.29, 1.82) is 0 Å². The van der Waals surface area contributed by atoms with Crippen molar-refractivity contribution in [3.63, 3.8) is 0 Å². The van der Waals surface area contributed by atoms with Crippen LogP contribution >= 0.6 is 0 Å². The lowest BCUT2D eigenvalue weighted by Crippen LogP contribution is -2.46. The molecule has 86 valence electrons. The Kier molecular flexibility index (Phi) is 2.77. The average molecular weight is 220 g/mol. The normalized spacial score (nSPS) is 17.4. The van der Waals surface area contributed by atoms with E-state index in [-0.39, 0.29) is 0 Å². The van der Waals surface area contributed by atoms with Crippen LogP contribution in [0.1, 0.15) is 25.1 Å². The first-order chi connectivity index (χ1) is 7.69. The van der Waals surface area contributed by atoms with Crippen LogP contribution in [0.25, 0.3) is 0 Å². The lowest BCUT2D eigenvalue weighted by molar-refractivity contribution is -0.113. The third-order valence-electron chi connectivity index (χ3n) is 3.02. The molecule has 0 spiro atoms. The van der Waals surface area contributed by atoms with Crippen LogP contribution in [-0.2, 0) is 4.79 Å². The van der Waals surface area contributed by atoms with Crippen molar-refractivity contribution >= 4 is 17.8 Å². The van der Waals surface area contributed by atoms with E-state index >= 15 is 0 Å². The molecule has 0 amide bonds. The van der Waals surface area contributed by atoms with Gasteiger partial charge in [-0.1, -0.05) is 0 Å². The molecule has 5 heteroatoms. The van der Waals surface area contributed by atoms with E-state index in [0.717, 1.165) is 31.2 Å². The van der Waals surface area contributed by atoms with Gasteiger partial charge in [0.1, 0.15) is 12.1 Å². The molecule has 1 saturated carbocycles. The van der Waals surface area contributed by atoms with Gasteiger partial charge in [0.2, 0.25) is 0 Å². The third-order valence-corrected chi connectivity index (χ3v) is 3.02. The van der Waals surface area contributed by atoms with E-state index in [1.54, 1.807) is 6.20 Å². The summed E-state index contributed by atoms with van der Waals surface area (Å²) < 4.78 is 0. The fourth-order valence-electron chi connectivity index (χ4n) is 1.81. The zero-order valence-electron chi connectivity index (χ0n) is 9.58. The van der Waals surface area contributed by atoms with Gasteiger partial charge in [-0.15, -0.1) is 0 Å². The maximum Gasteiger partial charge on any atom is 0.153 e. The van der Waals surface area contributed by atoms with E-state index in [1.165, 1.54) is 0 Å². The molecule has 0 atom stereocenters. The first-order valence-electron chi connectivity index (χ1n) is 5.45. The average Bonchev–Trinajstić information content (AvgIpc) is 2.24. The predicted molar refractivity (Wildman–Crippen MR) is 62.6 cm³/mol. The summed E-state index contributed by atoms with van der Waals surface area (Å²) in [5.41, 5.74) is 0.408. The number of hydrogen-bond acceptors (Lipinski definition) is 5. The molecule has 0 saturated heterocycles. The summed E-state index contributed by atoms with van der Waals surface area (Å²) in [6.07, 6.45) is 5.56. The van der Waals surface area contributed by atoms with Gasteiger partial charge in [0, 0.05) is 7.05 Å². The van der Waals surface area contributed by atoms with Crippen LogP contribution in [0.2, 0.25) is 0 Å². The van der Waals surface area contributed by atoms with E-state index in [9.17, 15) is 4.79 Å². The molecule has 0 bridgehead atoms. The van der Waals surface area contributed by atoms with Crippen molar-refractivity contribution in [2.75, 3.05) is 17.7 Å². The monoisotopic (exact) mass is 220 g/mol. The number of carbonyl (C=O) groups excluding carboxylic acids is 1. The van der Waals surface area contributed by atoms with Crippen LogP contribution in [0.4, 0.5) is 11.5 Å². The van der Waals surface area contributed by atoms with Crippen LogP contribution in [0.3, 0.4) is 0 Å². The van der Waals surface area contributed by atoms with Crippen LogP contribution in [0.5, 0.6) is 0 Å². The second-order valence-electron chi connectivity index (χ2n) is 4.18. The first kappa shape index (κ1) is 10.9. The summed E-state index contributed by atoms with van der Waals surface area (Å²) in [5.74, 6) is 1.41. The number of carbonyl (C=O) groups is 1. The predicted octanol–water partition coefficient (Wildman–Crippen LogP) is 1.36. The van der Waals surface area contributed by atoms with Crippen molar-refractivity contribution in [2.24, 2.45) is 0 Å². The van der Waals surface area contributed by atoms with Gasteiger partial charge < -0.3 is 15.4 Å². The fourth-order valence-corrected chi connectivity index (χ4v) is 1.81. The van der Waals surface area contributed by atoms with Crippen molar-refractivity contribution < 1.29 is 4.79 Å². The molecular formula is C11H16N4O. The van der Waals surface area contributed by atoms with Gasteiger partial charge in [0.15, 0.2) is 5.82 Å². The highest BCUT2D eigenvalue weighted by molar-refractivity contribution is 5.75. The van der Waals surface area contributed by atoms with Crippen LogP contribution in [0, 0.1) is 6.92 Å². The molecule has 2 rings (SSSR count). The highest BCUT2D eigenvalue weighted by atomic mass is 16.1. The number of aromatic nitrogens is 2. The first-order valence-corrected chi connectivity index (χ1v) is 5.45. The largest absolute Gasteiger partial charge is 0.384 e. The van der Waals surface area contributed by atoms with Crippen LogP contribution in [-0.4, -0.2) is 28.8 Å². The number of aldehydes is 1. The maximum atomic E-state index is 11.1. The molecule has 0 radical (unpaired) electrons. The standard InChI is InChI=1S/C11H16N4O/c1-8-13-6-9(12-2)10(14-8)15-11(7-16)4-3-5-11/h6-7,12H,3-5H2,1-2H3,(H,13,14,15). The van der Waals surface area contributed by atoms with Gasteiger partial charge in [0.05, 0.1) is 17.4 Å². The lowest BCUT2D eigenvalue weighted by Gasteiger charge is -2.38. The lowest BCUT2D eigenvalue weighted by atomic mass is 9.78. The Morgan fingerprint density at radius 1 is 1.50 bits per heavy atom. The van der Waals surface area contributed by atoms with Gasteiger partial charge >= 0.3 is 0 Å². The van der Waals surface area contributed by atoms with Crippen molar-refractivity contribution in [3.8, 4) is 0 Å². The summed E-state index contributed by atoms with van der Waals surface area (Å²) in [6, 6.07) is 0. The number of anilines is 2. The molecule has 16 heavy (non-hydrogen) atoms. The van der Waals surface area contributed by atoms with E-state index in [4.69, 9.17) is 0 Å². The number of aryl methyl sites for hydroxylation is 1. The molecule has 1 aromatic heterocycles. The number of nitrogens with zero attached hydrogens (tertiary/aromatic N) is 2. The number of nitrogens with one attached hydrogen (secondary N) is 2. The van der Waals surface area contributed by atoms with Gasteiger partial charge in [-0.2, -0.15) is 0 Å². The van der Waals surface area contributed by atoms with Gasteiger partial charge in [0.25, 0.3) is 0 Å². The number of hydrogen-bond donors (Lipinski definition) is 2. The molecule has 0 aliphatic heterocycles. The summed E-state index contributed by atoms with van der Waals surface area (Å²) >= 11 is 0. The molecule has 0 aromatic carbocycles. The van der Waals surface area contributed by atoms with Crippen LogP contribution in [0.15, 0.2) is 6.20 Å². The second kappa shape index (κ2) is 4.08. The zero-order valence-corrected chi connectivity index (χ0v) is 9.58. The smallest absolute Gasteiger partial charge is 0.153 e. The molecule has 1 aromatic rings. The Morgan fingerprint density at radius 2 is 2.25 bits per heavy atom. The van der Waals surface area contributed by atoms with Crippen molar-refractivity contribution in [3.05, 3.63) is 12.0 Å². The van der Waals surface area contributed by atoms with Gasteiger partial charge in [-0.25, -0.2) is 9.97 Å². The topological polar surface area (TPSA) is 66.9 Å². The minimum Gasteiger partial charge on any atom is -0.384 e. The SMILES string of the molecule is CNc1cnc(C)nc1NC1(C=O)CCC1. The Morgan fingerprint density at radius 3 is 2.75 bits per heavy atom.